The first kappa shape index (κ1) is 15.5. The van der Waals surface area contributed by atoms with E-state index in [-0.39, 0.29) is 0 Å². The van der Waals surface area contributed by atoms with Crippen molar-refractivity contribution in [2.45, 2.75) is 27.2 Å². The Balaban J connectivity index is 2.18. The van der Waals surface area contributed by atoms with Crippen molar-refractivity contribution < 1.29 is 0 Å². The van der Waals surface area contributed by atoms with Crippen LogP contribution in [-0.2, 0) is 6.42 Å². The van der Waals surface area contributed by atoms with Gasteiger partial charge in [-0.2, -0.15) is 0 Å². The van der Waals surface area contributed by atoms with Crippen LogP contribution in [0.25, 0.3) is 10.2 Å². The van der Waals surface area contributed by atoms with Crippen LogP contribution < -0.4 is 5.32 Å². The lowest BCUT2D eigenvalue weighted by Crippen LogP contribution is -2.01. The van der Waals surface area contributed by atoms with Gasteiger partial charge in [-0.25, -0.2) is 9.97 Å². The van der Waals surface area contributed by atoms with Gasteiger partial charge in [0.15, 0.2) is 0 Å². The largest absolute Gasteiger partial charge is 0.338 e. The molecule has 6 heteroatoms. The topological polar surface area (TPSA) is 37.8 Å². The number of nitrogens with one attached hydrogen (secondary N) is 1. The highest BCUT2D eigenvalue weighted by molar-refractivity contribution is 7.18. The van der Waals surface area contributed by atoms with Gasteiger partial charge in [0.2, 0.25) is 0 Å². The zero-order chi connectivity index (χ0) is 15.9. The number of fused-ring (bicyclic) bond motifs is 1. The van der Waals surface area contributed by atoms with E-state index in [1.165, 1.54) is 10.4 Å². The van der Waals surface area contributed by atoms with E-state index in [4.69, 9.17) is 23.2 Å². The molecule has 1 N–H and O–H groups in total. The van der Waals surface area contributed by atoms with Crippen LogP contribution in [0.2, 0.25) is 10.0 Å². The molecule has 0 amide bonds. The van der Waals surface area contributed by atoms with Crippen LogP contribution in [0.1, 0.15) is 23.2 Å². The summed E-state index contributed by atoms with van der Waals surface area (Å²) < 4.78 is 0. The summed E-state index contributed by atoms with van der Waals surface area (Å²) in [5, 5.41) is 5.62. The standard InChI is InChI=1S/C16H15Cl2N3S/c1-4-13-20-15(14-8(2)9(3)22-16(14)21-13)19-12-7-10(17)5-6-11(12)18/h5-7H,4H2,1-3H3,(H,19,20,21). The number of halogens is 2. The van der Waals surface area contributed by atoms with E-state index in [0.717, 1.165) is 34.0 Å². The van der Waals surface area contributed by atoms with Gasteiger partial charge in [0.1, 0.15) is 16.5 Å². The molecule has 0 bridgehead atoms. The van der Waals surface area contributed by atoms with Gasteiger partial charge < -0.3 is 5.32 Å². The fraction of sp³-hybridized carbons (Fsp3) is 0.250. The minimum Gasteiger partial charge on any atom is -0.338 e. The molecule has 1 aromatic carbocycles. The minimum absolute atomic E-state index is 0.610. The van der Waals surface area contributed by atoms with Crippen LogP contribution in [0.4, 0.5) is 11.5 Å². The molecule has 0 radical (unpaired) electrons. The molecule has 0 aliphatic heterocycles. The average molecular weight is 352 g/mol. The Morgan fingerprint density at radius 1 is 1.18 bits per heavy atom. The summed E-state index contributed by atoms with van der Waals surface area (Å²) in [7, 11) is 0. The van der Waals surface area contributed by atoms with Gasteiger partial charge in [-0.3, -0.25) is 0 Å². The Hall–Kier alpha value is -1.36. The third-order valence-corrected chi connectivity index (χ3v) is 5.24. The third kappa shape index (κ3) is 2.78. The molecule has 3 nitrogen and oxygen atoms in total. The summed E-state index contributed by atoms with van der Waals surface area (Å²) in [5.74, 6) is 1.60. The smallest absolute Gasteiger partial charge is 0.143 e. The van der Waals surface area contributed by atoms with Gasteiger partial charge in [-0.15, -0.1) is 11.3 Å². The van der Waals surface area contributed by atoms with Crippen LogP contribution in [0, 0.1) is 13.8 Å². The second kappa shape index (κ2) is 6.03. The summed E-state index contributed by atoms with van der Waals surface area (Å²) in [6.07, 6.45) is 0.782. The zero-order valence-electron chi connectivity index (χ0n) is 12.5. The van der Waals surface area contributed by atoms with Crippen LogP contribution in [0.15, 0.2) is 18.2 Å². The summed E-state index contributed by atoms with van der Waals surface area (Å²) in [6, 6.07) is 5.34. The van der Waals surface area contributed by atoms with Gasteiger partial charge in [-0.1, -0.05) is 30.1 Å². The Labute approximate surface area is 143 Å². The number of hydrogen-bond donors (Lipinski definition) is 1. The first-order valence-electron chi connectivity index (χ1n) is 6.98. The molecule has 114 valence electrons. The lowest BCUT2D eigenvalue weighted by atomic mass is 10.2. The molecule has 0 unspecified atom stereocenters. The molecule has 22 heavy (non-hydrogen) atoms. The average Bonchev–Trinajstić information content (AvgIpc) is 2.78. The van der Waals surface area contributed by atoms with Crippen molar-refractivity contribution in [3.05, 3.63) is 44.5 Å². The number of thiophene rings is 1. The van der Waals surface area contributed by atoms with Crippen molar-refractivity contribution in [2.75, 3.05) is 5.32 Å². The molecular weight excluding hydrogens is 337 g/mol. The molecule has 0 saturated carbocycles. The number of hydrogen-bond acceptors (Lipinski definition) is 4. The lowest BCUT2D eigenvalue weighted by Gasteiger charge is -2.11. The van der Waals surface area contributed by atoms with Crippen molar-refractivity contribution in [2.24, 2.45) is 0 Å². The molecule has 0 fully saturated rings. The second-order valence-electron chi connectivity index (χ2n) is 5.05. The van der Waals surface area contributed by atoms with Crippen molar-refractivity contribution in [1.82, 2.24) is 9.97 Å². The molecule has 0 aliphatic carbocycles. The van der Waals surface area contributed by atoms with Crippen LogP contribution in [0.3, 0.4) is 0 Å². The molecular formula is C16H15Cl2N3S. The number of anilines is 2. The molecule has 0 aliphatic rings. The van der Waals surface area contributed by atoms with E-state index in [1.54, 1.807) is 29.5 Å². The van der Waals surface area contributed by atoms with Crippen LogP contribution in [-0.4, -0.2) is 9.97 Å². The van der Waals surface area contributed by atoms with E-state index in [1.807, 2.05) is 6.92 Å². The van der Waals surface area contributed by atoms with Gasteiger partial charge >= 0.3 is 0 Å². The highest BCUT2D eigenvalue weighted by atomic mass is 35.5. The zero-order valence-corrected chi connectivity index (χ0v) is 14.8. The normalized spacial score (nSPS) is 11.1. The van der Waals surface area contributed by atoms with Gasteiger partial charge in [0, 0.05) is 16.3 Å². The molecule has 0 atom stereocenters. The molecule has 0 saturated heterocycles. The quantitative estimate of drug-likeness (QED) is 0.636. The summed E-state index contributed by atoms with van der Waals surface area (Å²) in [4.78, 5) is 11.5. The molecule has 2 aromatic heterocycles. The van der Waals surface area contributed by atoms with E-state index in [0.29, 0.717) is 10.0 Å². The van der Waals surface area contributed by atoms with Crippen molar-refractivity contribution in [1.29, 1.82) is 0 Å². The van der Waals surface area contributed by atoms with Gasteiger partial charge in [-0.05, 0) is 37.6 Å². The van der Waals surface area contributed by atoms with E-state index >= 15 is 0 Å². The maximum atomic E-state index is 6.25. The summed E-state index contributed by atoms with van der Waals surface area (Å²) in [5.41, 5.74) is 1.95. The van der Waals surface area contributed by atoms with E-state index < -0.39 is 0 Å². The fourth-order valence-electron chi connectivity index (χ4n) is 2.26. The Morgan fingerprint density at radius 3 is 2.68 bits per heavy atom. The lowest BCUT2D eigenvalue weighted by molar-refractivity contribution is 0.967. The first-order chi connectivity index (χ1) is 10.5. The van der Waals surface area contributed by atoms with E-state index in [9.17, 15) is 0 Å². The van der Waals surface area contributed by atoms with Gasteiger partial charge in [0.25, 0.3) is 0 Å². The molecule has 2 heterocycles. The highest BCUT2D eigenvalue weighted by Gasteiger charge is 2.15. The number of aromatic nitrogens is 2. The van der Waals surface area contributed by atoms with Gasteiger partial charge in [0.05, 0.1) is 16.1 Å². The predicted molar refractivity (Wildman–Crippen MR) is 96.0 cm³/mol. The molecule has 3 rings (SSSR count). The SMILES string of the molecule is CCc1nc(Nc2cc(Cl)ccc2Cl)c2c(C)c(C)sc2n1. The third-order valence-electron chi connectivity index (χ3n) is 3.57. The number of rotatable bonds is 3. The molecule has 3 aromatic rings. The predicted octanol–water partition coefficient (Wildman–Crippen LogP) is 5.92. The summed E-state index contributed by atoms with van der Waals surface area (Å²) >= 11 is 14.0. The highest BCUT2D eigenvalue weighted by Crippen LogP contribution is 2.36. The number of benzene rings is 1. The Kier molecular flexibility index (Phi) is 4.26. The fourth-order valence-corrected chi connectivity index (χ4v) is 3.65. The Bertz CT molecular complexity index is 858. The Morgan fingerprint density at radius 2 is 1.95 bits per heavy atom. The maximum Gasteiger partial charge on any atom is 0.143 e. The van der Waals surface area contributed by atoms with Crippen LogP contribution in [0.5, 0.6) is 0 Å². The first-order valence-corrected chi connectivity index (χ1v) is 8.55. The van der Waals surface area contributed by atoms with Crippen molar-refractivity contribution >= 4 is 56.3 Å². The second-order valence-corrected chi connectivity index (χ2v) is 7.10. The summed E-state index contributed by atoms with van der Waals surface area (Å²) in [6.45, 7) is 6.24. The number of nitrogens with zero attached hydrogens (tertiary/aromatic N) is 2. The van der Waals surface area contributed by atoms with Crippen molar-refractivity contribution in [3.8, 4) is 0 Å². The molecule has 0 spiro atoms. The maximum absolute atomic E-state index is 6.25. The minimum atomic E-state index is 0.610. The van der Waals surface area contributed by atoms with Crippen molar-refractivity contribution in [3.63, 3.8) is 0 Å². The van der Waals surface area contributed by atoms with Crippen LogP contribution >= 0.6 is 34.5 Å². The monoisotopic (exact) mass is 351 g/mol. The number of aryl methyl sites for hydroxylation is 3. The van der Waals surface area contributed by atoms with E-state index in [2.05, 4.69) is 29.1 Å².